The fourth-order valence-corrected chi connectivity index (χ4v) is 4.68. The average molecular weight is 474 g/mol. The molecular weight excluding hydrogens is 448 g/mol. The van der Waals surface area contributed by atoms with Crippen LogP contribution >= 0.6 is 0 Å². The summed E-state index contributed by atoms with van der Waals surface area (Å²) in [6.07, 6.45) is -13.3. The van der Waals surface area contributed by atoms with Crippen molar-refractivity contribution in [2.45, 2.75) is 68.0 Å². The summed E-state index contributed by atoms with van der Waals surface area (Å²) in [5, 5.41) is 92.0. The number of Topliss-reactive ketones (excluding diaryl/α,β-unsaturated/α-hetero) is 1. The van der Waals surface area contributed by atoms with Crippen molar-refractivity contribution in [1.29, 1.82) is 0 Å². The first-order chi connectivity index (χ1) is 15.5. The second kappa shape index (κ2) is 8.30. The predicted octanol–water partition coefficient (Wildman–Crippen LogP) is -3.44. The lowest BCUT2D eigenvalue weighted by molar-refractivity contribution is -0.232. The minimum Gasteiger partial charge on any atom is -0.507 e. The summed E-state index contributed by atoms with van der Waals surface area (Å²) in [7, 11) is 0. The molecule has 184 valence electrons. The van der Waals surface area contributed by atoms with E-state index in [4.69, 9.17) is 14.2 Å². The van der Waals surface area contributed by atoms with Crippen molar-refractivity contribution in [2.75, 3.05) is 13.2 Å². The van der Waals surface area contributed by atoms with E-state index in [-0.39, 0.29) is 11.3 Å². The molecule has 13 heteroatoms. The van der Waals surface area contributed by atoms with Gasteiger partial charge in [0.15, 0.2) is 5.78 Å². The van der Waals surface area contributed by atoms with Crippen LogP contribution in [0.25, 0.3) is 0 Å². The van der Waals surface area contributed by atoms with Gasteiger partial charge in [-0.25, -0.2) is 0 Å². The number of fused-ring (bicyclic) bond motifs is 1. The van der Waals surface area contributed by atoms with Crippen molar-refractivity contribution in [3.8, 4) is 17.2 Å². The first-order valence-electron chi connectivity index (χ1n) is 10.2. The van der Waals surface area contributed by atoms with E-state index >= 15 is 0 Å². The van der Waals surface area contributed by atoms with Crippen LogP contribution in [0.3, 0.4) is 0 Å². The van der Waals surface area contributed by atoms with Crippen LogP contribution in [0, 0.1) is 0 Å². The molecule has 0 unspecified atom stereocenters. The second-order valence-electron chi connectivity index (χ2n) is 8.46. The molecule has 0 amide bonds. The monoisotopic (exact) mass is 474 g/mol. The van der Waals surface area contributed by atoms with Gasteiger partial charge in [-0.05, 0) is 6.92 Å². The maximum atomic E-state index is 12.4. The van der Waals surface area contributed by atoms with Gasteiger partial charge in [-0.3, -0.25) is 4.79 Å². The van der Waals surface area contributed by atoms with Crippen molar-refractivity contribution in [2.24, 2.45) is 0 Å². The van der Waals surface area contributed by atoms with E-state index in [2.05, 4.69) is 0 Å². The van der Waals surface area contributed by atoms with Crippen molar-refractivity contribution in [3.05, 3.63) is 16.7 Å². The Labute approximate surface area is 186 Å². The Morgan fingerprint density at radius 2 is 1.58 bits per heavy atom. The number of hydrogen-bond acceptors (Lipinski definition) is 13. The number of carbonyl (C=O) groups excluding carboxylic acids is 1. The molecule has 0 aliphatic carbocycles. The van der Waals surface area contributed by atoms with E-state index in [1.807, 2.05) is 0 Å². The third-order valence-electron chi connectivity index (χ3n) is 6.45. The molecule has 13 nitrogen and oxygen atoms in total. The number of ether oxygens (including phenoxy) is 3. The van der Waals surface area contributed by atoms with Gasteiger partial charge in [-0.1, -0.05) is 0 Å². The molecule has 1 aromatic rings. The third kappa shape index (κ3) is 3.39. The van der Waals surface area contributed by atoms with Crippen LogP contribution < -0.4 is 4.74 Å². The number of benzene rings is 1. The van der Waals surface area contributed by atoms with Crippen LogP contribution in [0.2, 0.25) is 0 Å². The van der Waals surface area contributed by atoms with E-state index in [1.54, 1.807) is 0 Å². The van der Waals surface area contributed by atoms with Gasteiger partial charge in [0.25, 0.3) is 0 Å². The number of rotatable bonds is 4. The Hall–Kier alpha value is -2.07. The first-order valence-corrected chi connectivity index (χ1v) is 10.2. The minimum atomic E-state index is -1.99. The summed E-state index contributed by atoms with van der Waals surface area (Å²) in [4.78, 5) is 12.4. The van der Waals surface area contributed by atoms with Gasteiger partial charge in [0.1, 0.15) is 71.6 Å². The van der Waals surface area contributed by atoms with Crippen molar-refractivity contribution in [3.63, 3.8) is 0 Å². The average Bonchev–Trinajstić information content (AvgIpc) is 3.26. The van der Waals surface area contributed by atoms with Gasteiger partial charge in [0.2, 0.25) is 5.79 Å². The molecule has 9 N–H and O–H groups in total. The third-order valence-corrected chi connectivity index (χ3v) is 6.45. The van der Waals surface area contributed by atoms with Crippen molar-refractivity contribution < 1.29 is 65.0 Å². The lowest BCUT2D eigenvalue weighted by Crippen LogP contribution is -2.55. The van der Waals surface area contributed by atoms with Crippen LogP contribution in [0.4, 0.5) is 0 Å². The highest BCUT2D eigenvalue weighted by Crippen LogP contribution is 2.55. The molecule has 33 heavy (non-hydrogen) atoms. The van der Waals surface area contributed by atoms with Crippen molar-refractivity contribution >= 4 is 5.78 Å². The first kappa shape index (κ1) is 24.1. The summed E-state index contributed by atoms with van der Waals surface area (Å²) in [5.41, 5.74) is -1.09. The quantitative estimate of drug-likeness (QED) is 0.194. The summed E-state index contributed by atoms with van der Waals surface area (Å²) < 4.78 is 16.6. The van der Waals surface area contributed by atoms with Gasteiger partial charge < -0.3 is 60.2 Å². The van der Waals surface area contributed by atoms with Crippen LogP contribution in [0.15, 0.2) is 0 Å². The zero-order chi connectivity index (χ0) is 24.4. The van der Waals surface area contributed by atoms with Gasteiger partial charge in [0.05, 0.1) is 18.8 Å². The SMILES string of the molecule is CC(=O)c1c(O)c([C@@H]2O[C@H](CO)[C@@H](O)[C@H](O)[C@H]2O)c(O)c2c1O[C@@]1(C2)O[C@H](CO)[C@H](O)[C@@H]1O. The van der Waals surface area contributed by atoms with Crippen LogP contribution in [-0.4, -0.2) is 113 Å². The molecule has 3 aliphatic heterocycles. The number of carbonyl (C=O) groups is 1. The highest BCUT2D eigenvalue weighted by atomic mass is 16.7. The molecule has 9 atom stereocenters. The molecule has 1 aromatic carbocycles. The Kier molecular flexibility index (Phi) is 6.05. The Balaban J connectivity index is 1.85. The van der Waals surface area contributed by atoms with E-state index in [1.165, 1.54) is 0 Å². The lowest BCUT2D eigenvalue weighted by Gasteiger charge is -2.40. The fraction of sp³-hybridized carbons (Fsp3) is 0.650. The number of aliphatic hydroxyl groups excluding tert-OH is 7. The zero-order valence-electron chi connectivity index (χ0n) is 17.4. The highest BCUT2D eigenvalue weighted by molar-refractivity contribution is 6.01. The maximum absolute atomic E-state index is 12.4. The van der Waals surface area contributed by atoms with Gasteiger partial charge in [-0.15, -0.1) is 0 Å². The lowest BCUT2D eigenvalue weighted by atomic mass is 9.86. The normalized spacial score (nSPS) is 40.1. The molecular formula is C20H26O13. The van der Waals surface area contributed by atoms with Crippen LogP contribution in [0.1, 0.15) is 34.5 Å². The fourth-order valence-electron chi connectivity index (χ4n) is 4.68. The molecule has 1 spiro atoms. The van der Waals surface area contributed by atoms with E-state index in [0.717, 1.165) is 6.92 Å². The number of aliphatic hydroxyl groups is 7. The summed E-state index contributed by atoms with van der Waals surface area (Å²) >= 11 is 0. The zero-order valence-corrected chi connectivity index (χ0v) is 17.4. The van der Waals surface area contributed by atoms with Crippen LogP contribution in [-0.2, 0) is 15.9 Å². The topological polar surface area (TPSA) is 227 Å². The molecule has 0 saturated carbocycles. The summed E-state index contributed by atoms with van der Waals surface area (Å²) in [6, 6.07) is 0. The smallest absolute Gasteiger partial charge is 0.244 e. The number of phenols is 2. The van der Waals surface area contributed by atoms with Crippen LogP contribution in [0.5, 0.6) is 17.2 Å². The number of hydrogen-bond donors (Lipinski definition) is 9. The van der Waals surface area contributed by atoms with E-state index in [9.17, 15) is 50.8 Å². The number of ketones is 1. The molecule has 4 rings (SSSR count). The van der Waals surface area contributed by atoms with E-state index in [0.29, 0.717) is 0 Å². The van der Waals surface area contributed by atoms with Gasteiger partial charge >= 0.3 is 0 Å². The van der Waals surface area contributed by atoms with Gasteiger partial charge in [0, 0.05) is 12.0 Å². The molecule has 3 aliphatic rings. The molecule has 2 saturated heterocycles. The predicted molar refractivity (Wildman–Crippen MR) is 104 cm³/mol. The largest absolute Gasteiger partial charge is 0.507 e. The molecule has 0 bridgehead atoms. The standard InChI is InChI=1S/C20H26O13/c1-5(23)9-14(27)10(18-16(29)15(28)12(25)7(3-21)31-18)11(24)6-2-20(33-17(6)9)19(30)13(26)8(4-22)32-20/h7-8,12-13,15-16,18-19,21-22,24-30H,2-4H2,1H3/t7-,8-,12-,13+,15+,16-,18+,19+,20-/m1/s1. The molecule has 0 aromatic heterocycles. The Bertz CT molecular complexity index is 949. The second-order valence-corrected chi connectivity index (χ2v) is 8.46. The molecule has 3 heterocycles. The molecule has 0 radical (unpaired) electrons. The minimum absolute atomic E-state index is 0.130. The molecule has 2 fully saturated rings. The highest BCUT2D eigenvalue weighted by Gasteiger charge is 2.60. The summed E-state index contributed by atoms with van der Waals surface area (Å²) in [5.74, 6) is -4.63. The maximum Gasteiger partial charge on any atom is 0.244 e. The number of phenolic OH excluding ortho intramolecular Hbond substituents is 2. The summed E-state index contributed by atoms with van der Waals surface area (Å²) in [6.45, 7) is -0.345. The van der Waals surface area contributed by atoms with Gasteiger partial charge in [-0.2, -0.15) is 0 Å². The Morgan fingerprint density at radius 1 is 0.939 bits per heavy atom. The number of aromatic hydroxyl groups is 2. The Morgan fingerprint density at radius 3 is 2.12 bits per heavy atom. The van der Waals surface area contributed by atoms with Crippen molar-refractivity contribution in [1.82, 2.24) is 0 Å². The van der Waals surface area contributed by atoms with E-state index < -0.39 is 103 Å².